The van der Waals surface area contributed by atoms with E-state index in [1.165, 1.54) is 21.2 Å². The number of nitrogens with zero attached hydrogens (tertiary/aromatic N) is 1. The molecule has 0 bridgehead atoms. The average molecular weight is 191 g/mol. The molecule has 13 heavy (non-hydrogen) atoms. The highest BCUT2D eigenvalue weighted by Crippen LogP contribution is 2.26. The van der Waals surface area contributed by atoms with Crippen LogP contribution in [-0.2, 0) is 0 Å². The third-order valence-electron chi connectivity index (χ3n) is 2.36. The van der Waals surface area contributed by atoms with E-state index in [9.17, 15) is 0 Å². The molecule has 0 N–H and O–H groups in total. The molecule has 0 unspecified atom stereocenters. The summed E-state index contributed by atoms with van der Waals surface area (Å²) in [6.07, 6.45) is 1.94. The topological polar surface area (TPSA) is 12.9 Å². The van der Waals surface area contributed by atoms with Gasteiger partial charge in [0.2, 0.25) is 0 Å². The number of aryl methyl sites for hydroxylation is 1. The van der Waals surface area contributed by atoms with Crippen LogP contribution in [0.25, 0.3) is 10.1 Å². The van der Waals surface area contributed by atoms with E-state index in [1.54, 1.807) is 11.5 Å². The van der Waals surface area contributed by atoms with E-state index in [4.69, 9.17) is 0 Å². The Labute approximate surface area is 82.6 Å². The number of hydrogen-bond donors (Lipinski definition) is 0. The van der Waals surface area contributed by atoms with Crippen LogP contribution in [0.5, 0.6) is 0 Å². The zero-order chi connectivity index (χ0) is 9.42. The van der Waals surface area contributed by atoms with E-state index in [2.05, 4.69) is 37.3 Å². The molecule has 0 aliphatic carbocycles. The fourth-order valence-electron chi connectivity index (χ4n) is 1.67. The molecule has 68 valence electrons. The highest BCUT2D eigenvalue weighted by Gasteiger charge is 2.05. The standard InChI is InChI=1S/C11H13NS/c1-7(2)10-5-11-9(4-8(10)3)6-12-13-11/h4-7H,1-3H3. The molecule has 0 aliphatic heterocycles. The summed E-state index contributed by atoms with van der Waals surface area (Å²) in [5.74, 6) is 0.603. The maximum absolute atomic E-state index is 4.18. The van der Waals surface area contributed by atoms with Gasteiger partial charge in [-0.25, -0.2) is 0 Å². The molecule has 0 aliphatic rings. The Bertz CT molecular complexity index is 429. The van der Waals surface area contributed by atoms with Crippen LogP contribution in [0.15, 0.2) is 18.3 Å². The van der Waals surface area contributed by atoms with Gasteiger partial charge in [-0.05, 0) is 47.6 Å². The molecule has 1 heterocycles. The van der Waals surface area contributed by atoms with Crippen LogP contribution < -0.4 is 0 Å². The molecular weight excluding hydrogens is 178 g/mol. The maximum Gasteiger partial charge on any atom is 0.0553 e. The predicted molar refractivity (Wildman–Crippen MR) is 58.4 cm³/mol. The van der Waals surface area contributed by atoms with Gasteiger partial charge >= 0.3 is 0 Å². The first-order chi connectivity index (χ1) is 6.18. The molecule has 0 radical (unpaired) electrons. The fraction of sp³-hybridized carbons (Fsp3) is 0.364. The summed E-state index contributed by atoms with van der Waals surface area (Å²) in [7, 11) is 0. The van der Waals surface area contributed by atoms with Gasteiger partial charge in [-0.1, -0.05) is 13.8 Å². The minimum Gasteiger partial charge on any atom is -0.200 e. The van der Waals surface area contributed by atoms with Gasteiger partial charge in [-0.2, -0.15) is 4.37 Å². The molecule has 0 saturated heterocycles. The number of fused-ring (bicyclic) bond motifs is 1. The first-order valence-electron chi connectivity index (χ1n) is 4.53. The van der Waals surface area contributed by atoms with Crippen LogP contribution in [0.3, 0.4) is 0 Å². The molecular formula is C11H13NS. The van der Waals surface area contributed by atoms with Crippen molar-refractivity contribution in [2.45, 2.75) is 26.7 Å². The van der Waals surface area contributed by atoms with Crippen molar-refractivity contribution < 1.29 is 0 Å². The second kappa shape index (κ2) is 3.11. The molecule has 2 rings (SSSR count). The largest absolute Gasteiger partial charge is 0.200 e. The van der Waals surface area contributed by atoms with Crippen LogP contribution >= 0.6 is 11.5 Å². The van der Waals surface area contributed by atoms with E-state index in [1.807, 2.05) is 6.20 Å². The zero-order valence-electron chi connectivity index (χ0n) is 8.16. The Kier molecular flexibility index (Phi) is 2.08. The van der Waals surface area contributed by atoms with Gasteiger partial charge in [0.15, 0.2) is 0 Å². The first-order valence-corrected chi connectivity index (χ1v) is 5.31. The maximum atomic E-state index is 4.18. The molecule has 1 nitrogen and oxygen atoms in total. The molecule has 1 aromatic heterocycles. The van der Waals surface area contributed by atoms with Crippen molar-refractivity contribution in [1.29, 1.82) is 0 Å². The molecule has 1 aromatic carbocycles. The lowest BCUT2D eigenvalue weighted by Gasteiger charge is -2.08. The predicted octanol–water partition coefficient (Wildman–Crippen LogP) is 3.73. The van der Waals surface area contributed by atoms with Crippen molar-refractivity contribution >= 4 is 21.6 Å². The van der Waals surface area contributed by atoms with Crippen LogP contribution in [0.4, 0.5) is 0 Å². The zero-order valence-corrected chi connectivity index (χ0v) is 8.98. The van der Waals surface area contributed by atoms with Gasteiger partial charge in [-0.15, -0.1) is 0 Å². The molecule has 0 atom stereocenters. The second-order valence-electron chi connectivity index (χ2n) is 3.73. The Balaban J connectivity index is 2.69. The van der Waals surface area contributed by atoms with Crippen molar-refractivity contribution in [3.05, 3.63) is 29.5 Å². The summed E-state index contributed by atoms with van der Waals surface area (Å²) < 4.78 is 5.48. The van der Waals surface area contributed by atoms with E-state index >= 15 is 0 Å². The summed E-state index contributed by atoms with van der Waals surface area (Å²) >= 11 is 1.58. The summed E-state index contributed by atoms with van der Waals surface area (Å²) in [5, 5.41) is 1.27. The van der Waals surface area contributed by atoms with E-state index in [0.717, 1.165) is 0 Å². The SMILES string of the molecule is Cc1cc2cnsc2cc1C(C)C. The minimum atomic E-state index is 0.603. The third kappa shape index (κ3) is 1.46. The monoisotopic (exact) mass is 191 g/mol. The number of benzene rings is 1. The molecule has 0 amide bonds. The lowest BCUT2D eigenvalue weighted by atomic mass is 9.97. The van der Waals surface area contributed by atoms with Crippen molar-refractivity contribution in [2.24, 2.45) is 0 Å². The van der Waals surface area contributed by atoms with Crippen molar-refractivity contribution in [1.82, 2.24) is 4.37 Å². The van der Waals surface area contributed by atoms with Crippen LogP contribution in [-0.4, -0.2) is 4.37 Å². The van der Waals surface area contributed by atoms with Gasteiger partial charge in [0.05, 0.1) is 4.70 Å². The Hall–Kier alpha value is -0.890. The molecule has 0 saturated carbocycles. The average Bonchev–Trinajstić information content (AvgIpc) is 2.48. The van der Waals surface area contributed by atoms with Crippen molar-refractivity contribution in [3.63, 3.8) is 0 Å². The number of hydrogen-bond acceptors (Lipinski definition) is 2. The highest BCUT2D eigenvalue weighted by molar-refractivity contribution is 7.13. The van der Waals surface area contributed by atoms with E-state index in [-0.39, 0.29) is 0 Å². The Morgan fingerprint density at radius 3 is 2.77 bits per heavy atom. The summed E-state index contributed by atoms with van der Waals surface area (Å²) in [5.41, 5.74) is 2.82. The third-order valence-corrected chi connectivity index (χ3v) is 3.12. The summed E-state index contributed by atoms with van der Waals surface area (Å²) in [4.78, 5) is 0. The van der Waals surface area contributed by atoms with Gasteiger partial charge in [-0.3, -0.25) is 0 Å². The Morgan fingerprint density at radius 1 is 1.31 bits per heavy atom. The first kappa shape index (κ1) is 8.70. The minimum absolute atomic E-state index is 0.603. The normalized spacial score (nSPS) is 11.4. The smallest absolute Gasteiger partial charge is 0.0553 e. The van der Waals surface area contributed by atoms with E-state index < -0.39 is 0 Å². The summed E-state index contributed by atoms with van der Waals surface area (Å²) in [6.45, 7) is 6.64. The van der Waals surface area contributed by atoms with Crippen molar-refractivity contribution in [3.8, 4) is 0 Å². The van der Waals surface area contributed by atoms with Gasteiger partial charge < -0.3 is 0 Å². The Morgan fingerprint density at radius 2 is 2.08 bits per heavy atom. The van der Waals surface area contributed by atoms with E-state index in [0.29, 0.717) is 5.92 Å². The van der Waals surface area contributed by atoms with Crippen LogP contribution in [0, 0.1) is 6.92 Å². The van der Waals surface area contributed by atoms with Gasteiger partial charge in [0.1, 0.15) is 0 Å². The molecule has 0 spiro atoms. The van der Waals surface area contributed by atoms with Crippen LogP contribution in [0.1, 0.15) is 30.9 Å². The molecule has 2 heteroatoms. The van der Waals surface area contributed by atoms with Crippen LogP contribution in [0.2, 0.25) is 0 Å². The summed E-state index contributed by atoms with van der Waals surface area (Å²) in [6, 6.07) is 4.50. The quantitative estimate of drug-likeness (QED) is 0.669. The second-order valence-corrected chi connectivity index (χ2v) is 4.56. The molecule has 2 aromatic rings. The number of aromatic nitrogens is 1. The van der Waals surface area contributed by atoms with Gasteiger partial charge in [0, 0.05) is 11.6 Å². The van der Waals surface area contributed by atoms with Gasteiger partial charge in [0.25, 0.3) is 0 Å². The molecule has 0 fully saturated rings. The fourth-order valence-corrected chi connectivity index (χ4v) is 2.34. The lowest BCUT2D eigenvalue weighted by molar-refractivity contribution is 0.859. The van der Waals surface area contributed by atoms with Crippen molar-refractivity contribution in [2.75, 3.05) is 0 Å². The number of rotatable bonds is 1. The highest BCUT2D eigenvalue weighted by atomic mass is 32.1. The lowest BCUT2D eigenvalue weighted by Crippen LogP contribution is -1.90.